The van der Waals surface area contributed by atoms with Gasteiger partial charge in [0.25, 0.3) is 10.0 Å². The molecule has 1 aromatic carbocycles. The van der Waals surface area contributed by atoms with Crippen molar-refractivity contribution in [1.82, 2.24) is 14.9 Å². The topological polar surface area (TPSA) is 78.4 Å². The molecule has 4 rings (SSSR count). The van der Waals surface area contributed by atoms with Gasteiger partial charge in [-0.25, -0.2) is 9.97 Å². The number of piperidine rings is 1. The quantitative estimate of drug-likeness (QED) is 0.553. The molecular formula is C23H29N5O2S2. The first kappa shape index (κ1) is 22.7. The summed E-state index contributed by atoms with van der Waals surface area (Å²) in [6.07, 6.45) is 3.78. The van der Waals surface area contributed by atoms with E-state index in [0.29, 0.717) is 17.9 Å². The van der Waals surface area contributed by atoms with Crippen LogP contribution in [0.4, 0.5) is 11.5 Å². The molecule has 2 aromatic heterocycles. The minimum Gasteiger partial charge on any atom is -0.370 e. The molecule has 7 nitrogen and oxygen atoms in total. The molecule has 1 aliphatic heterocycles. The number of nitrogens with zero attached hydrogens (tertiary/aromatic N) is 4. The first-order valence-electron chi connectivity index (χ1n) is 10.7. The number of aromatic nitrogens is 2. The Hall–Kier alpha value is -2.49. The van der Waals surface area contributed by atoms with Gasteiger partial charge in [-0.1, -0.05) is 30.3 Å². The number of sulfonamides is 1. The summed E-state index contributed by atoms with van der Waals surface area (Å²) < 4.78 is 27.7. The second-order valence-corrected chi connectivity index (χ2v) is 10.6. The number of rotatable bonds is 7. The molecule has 170 valence electrons. The number of hydrogen-bond acceptors (Lipinski definition) is 7. The lowest BCUT2D eigenvalue weighted by Crippen LogP contribution is -2.44. The molecule has 0 radical (unpaired) electrons. The maximum Gasteiger partial charge on any atom is 0.280 e. The Morgan fingerprint density at radius 1 is 1.19 bits per heavy atom. The van der Waals surface area contributed by atoms with Crippen LogP contribution in [0.1, 0.15) is 36.9 Å². The number of hydrogen-bond donors (Lipinski definition) is 1. The smallest absolute Gasteiger partial charge is 0.280 e. The number of anilines is 2. The van der Waals surface area contributed by atoms with Gasteiger partial charge in [-0.15, -0.1) is 11.3 Å². The van der Waals surface area contributed by atoms with Crippen molar-refractivity contribution >= 4 is 32.9 Å². The van der Waals surface area contributed by atoms with E-state index in [1.54, 1.807) is 23.2 Å². The van der Waals surface area contributed by atoms with Crippen molar-refractivity contribution in [3.8, 4) is 0 Å². The van der Waals surface area contributed by atoms with Crippen molar-refractivity contribution < 1.29 is 8.42 Å². The van der Waals surface area contributed by atoms with Gasteiger partial charge in [0, 0.05) is 37.6 Å². The van der Waals surface area contributed by atoms with Gasteiger partial charge in [0.15, 0.2) is 10.8 Å². The lowest BCUT2D eigenvalue weighted by Gasteiger charge is -2.40. The fourth-order valence-electron chi connectivity index (χ4n) is 4.29. The van der Waals surface area contributed by atoms with Gasteiger partial charge in [0.2, 0.25) is 0 Å². The van der Waals surface area contributed by atoms with Crippen LogP contribution in [0, 0.1) is 6.92 Å². The van der Waals surface area contributed by atoms with Crippen molar-refractivity contribution in [2.75, 3.05) is 29.8 Å². The normalized spacial score (nSPS) is 16.6. The van der Waals surface area contributed by atoms with E-state index < -0.39 is 10.0 Å². The molecule has 32 heavy (non-hydrogen) atoms. The third-order valence-corrected chi connectivity index (χ3v) is 8.10. The van der Waals surface area contributed by atoms with Crippen molar-refractivity contribution in [3.05, 3.63) is 64.6 Å². The van der Waals surface area contributed by atoms with Crippen LogP contribution in [0.15, 0.2) is 58.5 Å². The van der Waals surface area contributed by atoms with E-state index in [4.69, 9.17) is 0 Å². The van der Waals surface area contributed by atoms with Crippen molar-refractivity contribution in [2.24, 2.45) is 0 Å². The Labute approximate surface area is 194 Å². The molecule has 0 bridgehead atoms. The summed E-state index contributed by atoms with van der Waals surface area (Å²) in [7, 11) is -1.68. The van der Waals surface area contributed by atoms with Crippen molar-refractivity contribution in [3.63, 3.8) is 0 Å². The molecule has 1 atom stereocenters. The monoisotopic (exact) mass is 471 g/mol. The van der Waals surface area contributed by atoms with E-state index in [-0.39, 0.29) is 5.03 Å². The highest BCUT2D eigenvalue weighted by Crippen LogP contribution is 2.29. The summed E-state index contributed by atoms with van der Waals surface area (Å²) in [6, 6.07) is 13.1. The van der Waals surface area contributed by atoms with Crippen LogP contribution in [0.25, 0.3) is 0 Å². The Kier molecular flexibility index (Phi) is 6.78. The second kappa shape index (κ2) is 9.56. The molecule has 0 unspecified atom stereocenters. The molecule has 0 aliphatic carbocycles. The fourth-order valence-corrected chi connectivity index (χ4v) is 5.87. The second-order valence-electron chi connectivity index (χ2n) is 8.25. The van der Waals surface area contributed by atoms with E-state index >= 15 is 0 Å². The molecule has 1 fully saturated rings. The largest absolute Gasteiger partial charge is 0.370 e. The highest BCUT2D eigenvalue weighted by atomic mass is 32.2. The minimum atomic E-state index is -3.76. The Morgan fingerprint density at radius 3 is 2.53 bits per heavy atom. The maximum absolute atomic E-state index is 12.6. The molecule has 0 amide bonds. The number of nitrogens with one attached hydrogen (secondary N) is 1. The van der Waals surface area contributed by atoms with Gasteiger partial charge in [0.05, 0.1) is 17.4 Å². The minimum absolute atomic E-state index is 0.00616. The van der Waals surface area contributed by atoms with E-state index in [2.05, 4.69) is 68.8 Å². The average Bonchev–Trinajstić information content (AvgIpc) is 3.31. The van der Waals surface area contributed by atoms with Gasteiger partial charge in [0.1, 0.15) is 0 Å². The number of likely N-dealkylation sites (tertiary alicyclic amines) is 1. The molecule has 0 saturated carbocycles. The van der Waals surface area contributed by atoms with E-state index in [1.807, 2.05) is 6.92 Å². The van der Waals surface area contributed by atoms with E-state index in [1.165, 1.54) is 16.9 Å². The van der Waals surface area contributed by atoms with Gasteiger partial charge in [-0.3, -0.25) is 9.62 Å². The summed E-state index contributed by atoms with van der Waals surface area (Å²) in [5.74, 6) is 0.312. The molecule has 1 N–H and O–H groups in total. The van der Waals surface area contributed by atoms with Crippen LogP contribution in [-0.4, -0.2) is 49.5 Å². The molecule has 0 spiro atoms. The average molecular weight is 472 g/mol. The Bertz CT molecular complexity index is 1130. The highest BCUT2D eigenvalue weighted by Gasteiger charge is 2.27. The maximum atomic E-state index is 12.6. The molecule has 1 aliphatic rings. The van der Waals surface area contributed by atoms with E-state index in [9.17, 15) is 8.42 Å². The molecular weight excluding hydrogens is 442 g/mol. The number of thiazole rings is 1. The fraction of sp³-hybridized carbons (Fsp3) is 0.391. The first-order chi connectivity index (χ1) is 15.3. The number of benzene rings is 1. The van der Waals surface area contributed by atoms with Crippen LogP contribution < -0.4 is 9.62 Å². The number of aryl methyl sites for hydroxylation is 1. The number of pyridine rings is 1. The molecule has 3 aromatic rings. The van der Waals surface area contributed by atoms with Gasteiger partial charge in [-0.2, -0.15) is 8.42 Å². The Morgan fingerprint density at radius 2 is 1.91 bits per heavy atom. The van der Waals surface area contributed by atoms with Gasteiger partial charge >= 0.3 is 0 Å². The van der Waals surface area contributed by atoms with Gasteiger partial charge < -0.3 is 4.90 Å². The summed E-state index contributed by atoms with van der Waals surface area (Å²) in [5.41, 5.74) is 4.79. The Balaban J connectivity index is 1.41. The standard InChI is InChI=1S/C23H29N5O2S2/c1-17-13-23(32(29,30)26-22-15-31-16-25-22)24-14-21(17)27(3)20-9-11-28(12-10-20)18(2)19-7-5-4-6-8-19/h4-8,13-16,18,20,26H,9-12H2,1-3H3/t18-/m1/s1. The van der Waals surface area contributed by atoms with Crippen LogP contribution in [-0.2, 0) is 10.0 Å². The zero-order valence-corrected chi connectivity index (χ0v) is 20.2. The van der Waals surface area contributed by atoms with Crippen LogP contribution >= 0.6 is 11.3 Å². The summed E-state index contributed by atoms with van der Waals surface area (Å²) in [6.45, 7) is 6.26. The third kappa shape index (κ3) is 4.95. The SMILES string of the molecule is Cc1cc(S(=O)(=O)Nc2cscn2)ncc1N(C)C1CCN([C@H](C)c2ccccc2)CC1. The highest BCUT2D eigenvalue weighted by molar-refractivity contribution is 7.92. The van der Waals surface area contributed by atoms with Crippen LogP contribution in [0.2, 0.25) is 0 Å². The summed E-state index contributed by atoms with van der Waals surface area (Å²) >= 11 is 1.33. The van der Waals surface area contributed by atoms with Crippen molar-refractivity contribution in [2.45, 2.75) is 43.8 Å². The lowest BCUT2D eigenvalue weighted by atomic mass is 9.99. The first-order valence-corrected chi connectivity index (χ1v) is 13.2. The molecule has 3 heterocycles. The van der Waals surface area contributed by atoms with Gasteiger partial charge in [-0.05, 0) is 43.9 Å². The van der Waals surface area contributed by atoms with Crippen LogP contribution in [0.5, 0.6) is 0 Å². The van der Waals surface area contributed by atoms with Crippen molar-refractivity contribution in [1.29, 1.82) is 0 Å². The summed E-state index contributed by atoms with van der Waals surface area (Å²) in [5, 5.41) is 1.66. The van der Waals surface area contributed by atoms with E-state index in [0.717, 1.165) is 37.2 Å². The summed E-state index contributed by atoms with van der Waals surface area (Å²) in [4.78, 5) is 13.0. The zero-order chi connectivity index (χ0) is 22.7. The molecule has 1 saturated heterocycles. The third-order valence-electron chi connectivity index (χ3n) is 6.26. The predicted octanol–water partition coefficient (Wildman–Crippen LogP) is 4.31. The lowest BCUT2D eigenvalue weighted by molar-refractivity contribution is 0.162. The van der Waals surface area contributed by atoms with Crippen LogP contribution in [0.3, 0.4) is 0 Å². The molecule has 9 heteroatoms. The zero-order valence-electron chi connectivity index (χ0n) is 18.6. The predicted molar refractivity (Wildman–Crippen MR) is 130 cm³/mol.